The van der Waals surface area contributed by atoms with E-state index < -0.39 is 35.4 Å². The van der Waals surface area contributed by atoms with Crippen molar-refractivity contribution in [1.29, 1.82) is 0 Å². The molecule has 2 N–H and O–H groups in total. The minimum Gasteiger partial charge on any atom is -0.392 e. The van der Waals surface area contributed by atoms with Gasteiger partial charge >= 0.3 is 12.4 Å². The maximum absolute atomic E-state index is 13.5. The van der Waals surface area contributed by atoms with Crippen LogP contribution in [0, 0.1) is 0 Å². The molecule has 1 amide bonds. The highest BCUT2D eigenvalue weighted by molar-refractivity contribution is 5.97. The van der Waals surface area contributed by atoms with E-state index in [0.717, 1.165) is 23.6 Å². The first kappa shape index (κ1) is 23.3. The lowest BCUT2D eigenvalue weighted by Crippen LogP contribution is -2.37. The molecule has 0 aliphatic carbocycles. The van der Waals surface area contributed by atoms with E-state index >= 15 is 0 Å². The van der Waals surface area contributed by atoms with Crippen LogP contribution in [-0.2, 0) is 17.6 Å². The first-order valence-electron chi connectivity index (χ1n) is 9.34. The van der Waals surface area contributed by atoms with Crippen LogP contribution in [0.5, 0.6) is 0 Å². The molecule has 3 aromatic carbocycles. The molecular weight excluding hydrogens is 436 g/mol. The Kier molecular flexibility index (Phi) is 6.59. The van der Waals surface area contributed by atoms with Crippen LogP contribution in [0.2, 0.25) is 0 Å². The summed E-state index contributed by atoms with van der Waals surface area (Å²) in [5.41, 5.74) is -0.809. The second kappa shape index (κ2) is 9.04. The van der Waals surface area contributed by atoms with Crippen LogP contribution in [0.1, 0.15) is 28.3 Å². The molecule has 0 aromatic heterocycles. The second-order valence-electron chi connectivity index (χ2n) is 6.96. The van der Waals surface area contributed by atoms with Crippen LogP contribution < -0.4 is 5.32 Å². The van der Waals surface area contributed by atoms with E-state index in [9.17, 15) is 36.2 Å². The van der Waals surface area contributed by atoms with E-state index in [1.807, 2.05) is 0 Å². The number of halogens is 6. The van der Waals surface area contributed by atoms with Crippen LogP contribution in [0.25, 0.3) is 16.8 Å². The monoisotopic (exact) mass is 453 g/mol. The molecule has 0 aliphatic rings. The standard InChI is InChI=1S/C23H17F6NO2/c24-22(25,26)17-7-1-5-15(12-17)21(23(27,28)29)30-20(32)11-10-14-4-2-9-19-16(13-31)6-3-8-18(14)19/h1-12,21,31H,13H2,(H,30,32)/b11-10+. The third-order valence-corrected chi connectivity index (χ3v) is 4.79. The van der Waals surface area contributed by atoms with Gasteiger partial charge < -0.3 is 10.4 Å². The van der Waals surface area contributed by atoms with Gasteiger partial charge in [0, 0.05) is 6.08 Å². The highest BCUT2D eigenvalue weighted by Crippen LogP contribution is 2.36. The van der Waals surface area contributed by atoms with E-state index in [4.69, 9.17) is 0 Å². The lowest BCUT2D eigenvalue weighted by molar-refractivity contribution is -0.162. The number of carbonyl (C=O) groups is 1. The maximum Gasteiger partial charge on any atom is 0.416 e. The molecule has 168 valence electrons. The van der Waals surface area contributed by atoms with Gasteiger partial charge in [-0.3, -0.25) is 4.79 Å². The smallest absolute Gasteiger partial charge is 0.392 e. The van der Waals surface area contributed by atoms with Crippen molar-refractivity contribution in [1.82, 2.24) is 5.32 Å². The summed E-state index contributed by atoms with van der Waals surface area (Å²) in [7, 11) is 0. The number of alkyl halides is 6. The highest BCUT2D eigenvalue weighted by atomic mass is 19.4. The SMILES string of the molecule is O=C(/C=C/c1cccc2c(CO)cccc12)NC(c1cccc(C(F)(F)F)c1)C(F)(F)F. The van der Waals surface area contributed by atoms with Gasteiger partial charge in [-0.15, -0.1) is 0 Å². The first-order valence-corrected chi connectivity index (χ1v) is 9.34. The lowest BCUT2D eigenvalue weighted by Gasteiger charge is -2.22. The zero-order valence-corrected chi connectivity index (χ0v) is 16.3. The maximum atomic E-state index is 13.5. The van der Waals surface area contributed by atoms with Crippen LogP contribution >= 0.6 is 0 Å². The Morgan fingerprint density at radius 3 is 2.25 bits per heavy atom. The van der Waals surface area contributed by atoms with Crippen LogP contribution in [0.4, 0.5) is 26.3 Å². The van der Waals surface area contributed by atoms with Gasteiger partial charge in [0.25, 0.3) is 0 Å². The summed E-state index contributed by atoms with van der Waals surface area (Å²) in [6.45, 7) is -0.213. The fourth-order valence-electron chi connectivity index (χ4n) is 3.29. The van der Waals surface area contributed by atoms with Crippen molar-refractivity contribution in [2.24, 2.45) is 0 Å². The highest BCUT2D eigenvalue weighted by Gasteiger charge is 2.42. The topological polar surface area (TPSA) is 49.3 Å². The Morgan fingerprint density at radius 1 is 0.938 bits per heavy atom. The van der Waals surface area contributed by atoms with Gasteiger partial charge in [0.15, 0.2) is 6.04 Å². The first-order chi connectivity index (χ1) is 15.0. The zero-order chi connectivity index (χ0) is 23.5. The number of fused-ring (bicyclic) bond motifs is 1. The van der Waals surface area contributed by atoms with Crippen LogP contribution in [0.15, 0.2) is 66.7 Å². The molecule has 0 saturated carbocycles. The predicted octanol–water partition coefficient (Wildman–Crippen LogP) is 5.78. The molecule has 32 heavy (non-hydrogen) atoms. The summed E-state index contributed by atoms with van der Waals surface area (Å²) in [5.74, 6) is -1.12. The van der Waals surface area contributed by atoms with E-state index in [2.05, 4.69) is 0 Å². The van der Waals surface area contributed by atoms with Crippen LogP contribution in [0.3, 0.4) is 0 Å². The van der Waals surface area contributed by atoms with Crippen LogP contribution in [-0.4, -0.2) is 17.2 Å². The molecule has 3 rings (SSSR count). The van der Waals surface area contributed by atoms with E-state index in [1.165, 1.54) is 6.08 Å². The Morgan fingerprint density at radius 2 is 1.59 bits per heavy atom. The van der Waals surface area contributed by atoms with Gasteiger partial charge in [-0.2, -0.15) is 26.3 Å². The summed E-state index contributed by atoms with van der Waals surface area (Å²) in [6, 6.07) is 10.3. The number of aliphatic hydroxyl groups excluding tert-OH is 1. The minimum atomic E-state index is -5.01. The quantitative estimate of drug-likeness (QED) is 0.380. The largest absolute Gasteiger partial charge is 0.416 e. The molecule has 0 spiro atoms. The number of benzene rings is 3. The third kappa shape index (κ3) is 5.28. The average molecular weight is 453 g/mol. The Labute approximate surface area is 179 Å². The summed E-state index contributed by atoms with van der Waals surface area (Å²) in [4.78, 5) is 12.2. The molecule has 0 bridgehead atoms. The van der Waals surface area contributed by atoms with Gasteiger partial charge in [-0.25, -0.2) is 0 Å². The van der Waals surface area contributed by atoms with Gasteiger partial charge in [0.05, 0.1) is 12.2 Å². The molecule has 0 aliphatic heterocycles. The molecule has 3 nitrogen and oxygen atoms in total. The van der Waals surface area contributed by atoms with Crippen molar-refractivity contribution in [3.8, 4) is 0 Å². The molecule has 0 fully saturated rings. The molecule has 0 saturated heterocycles. The average Bonchev–Trinajstić information content (AvgIpc) is 2.74. The molecule has 9 heteroatoms. The third-order valence-electron chi connectivity index (χ3n) is 4.79. The number of nitrogens with one attached hydrogen (secondary N) is 1. The number of hydrogen-bond acceptors (Lipinski definition) is 2. The zero-order valence-electron chi connectivity index (χ0n) is 16.3. The molecule has 0 heterocycles. The van der Waals surface area contributed by atoms with Crippen molar-refractivity contribution >= 4 is 22.8 Å². The Balaban J connectivity index is 1.88. The van der Waals surface area contributed by atoms with Gasteiger partial charge in [-0.05, 0) is 45.7 Å². The number of aliphatic hydroxyl groups is 1. The van der Waals surface area contributed by atoms with E-state index in [-0.39, 0.29) is 6.61 Å². The molecule has 0 radical (unpaired) electrons. The molecule has 3 aromatic rings. The van der Waals surface area contributed by atoms with Gasteiger partial charge in [-0.1, -0.05) is 48.5 Å². The number of hydrogen-bond donors (Lipinski definition) is 2. The van der Waals surface area contributed by atoms with Gasteiger partial charge in [0.2, 0.25) is 5.91 Å². The summed E-state index contributed by atoms with van der Waals surface area (Å²) >= 11 is 0. The fourth-order valence-corrected chi connectivity index (χ4v) is 3.29. The minimum absolute atomic E-state index is 0.213. The van der Waals surface area contributed by atoms with Crippen molar-refractivity contribution in [3.63, 3.8) is 0 Å². The molecule has 1 atom stereocenters. The molecule has 1 unspecified atom stereocenters. The number of carbonyl (C=O) groups excluding carboxylic acids is 1. The van der Waals surface area contributed by atoms with Crippen molar-refractivity contribution in [2.75, 3.05) is 0 Å². The predicted molar refractivity (Wildman–Crippen MR) is 107 cm³/mol. The van der Waals surface area contributed by atoms with E-state index in [1.54, 1.807) is 41.7 Å². The fraction of sp³-hybridized carbons (Fsp3) is 0.174. The Bertz CT molecular complexity index is 1150. The van der Waals surface area contributed by atoms with Crippen molar-refractivity contribution < 1.29 is 36.2 Å². The summed E-state index contributed by atoms with van der Waals surface area (Å²) in [5, 5.41) is 12.6. The normalized spacial score (nSPS) is 13.5. The van der Waals surface area contributed by atoms with Crippen molar-refractivity contribution in [2.45, 2.75) is 25.0 Å². The Hall–Kier alpha value is -3.33. The van der Waals surface area contributed by atoms with E-state index in [0.29, 0.717) is 28.6 Å². The molecular formula is C23H17F6NO2. The van der Waals surface area contributed by atoms with Crippen molar-refractivity contribution in [3.05, 3.63) is 89.0 Å². The second-order valence-corrected chi connectivity index (χ2v) is 6.96. The number of amides is 1. The number of rotatable bonds is 5. The summed E-state index contributed by atoms with van der Waals surface area (Å²) in [6.07, 6.45) is -7.65. The lowest BCUT2D eigenvalue weighted by atomic mass is 10.00. The summed E-state index contributed by atoms with van der Waals surface area (Å²) < 4.78 is 79.2. The van der Waals surface area contributed by atoms with Gasteiger partial charge in [0.1, 0.15) is 0 Å².